The van der Waals surface area contributed by atoms with E-state index in [1.165, 1.54) is 25.7 Å². The highest BCUT2D eigenvalue weighted by Gasteiger charge is 2.32. The molecule has 0 bridgehead atoms. The van der Waals surface area contributed by atoms with Crippen LogP contribution in [0.15, 0.2) is 12.7 Å². The van der Waals surface area contributed by atoms with Crippen molar-refractivity contribution in [3.8, 4) is 0 Å². The van der Waals surface area contributed by atoms with Gasteiger partial charge in [0.2, 0.25) is 0 Å². The molecule has 0 saturated carbocycles. The number of fused-ring (bicyclic) bond motifs is 1. The van der Waals surface area contributed by atoms with Gasteiger partial charge in [-0.25, -0.2) is 0 Å². The van der Waals surface area contributed by atoms with Gasteiger partial charge in [0.1, 0.15) is 11.6 Å². The van der Waals surface area contributed by atoms with Crippen molar-refractivity contribution in [1.82, 2.24) is 19.7 Å². The fourth-order valence-electron chi connectivity index (χ4n) is 3.76. The molecule has 3 heterocycles. The molecule has 0 spiro atoms. The van der Waals surface area contributed by atoms with Crippen molar-refractivity contribution >= 4 is 0 Å². The Labute approximate surface area is 133 Å². The van der Waals surface area contributed by atoms with Crippen LogP contribution < -0.4 is 0 Å². The van der Waals surface area contributed by atoms with Crippen LogP contribution in [0.25, 0.3) is 0 Å². The van der Waals surface area contributed by atoms with Crippen LogP contribution in [0.1, 0.15) is 62.6 Å². The molecule has 2 aliphatic heterocycles. The van der Waals surface area contributed by atoms with Crippen molar-refractivity contribution in [2.24, 2.45) is 0 Å². The number of aryl methyl sites for hydroxylation is 1. The van der Waals surface area contributed by atoms with Crippen molar-refractivity contribution in [3.05, 3.63) is 24.3 Å². The molecule has 1 fully saturated rings. The van der Waals surface area contributed by atoms with Crippen molar-refractivity contribution < 1.29 is 5.11 Å². The van der Waals surface area contributed by atoms with Gasteiger partial charge in [-0.15, -0.1) is 16.8 Å². The maximum atomic E-state index is 10.2. The van der Waals surface area contributed by atoms with Crippen LogP contribution in [0, 0.1) is 0 Å². The molecule has 5 nitrogen and oxygen atoms in total. The van der Waals surface area contributed by atoms with Crippen molar-refractivity contribution in [2.75, 3.05) is 13.1 Å². The molecule has 2 unspecified atom stereocenters. The van der Waals surface area contributed by atoms with Gasteiger partial charge in [0, 0.05) is 19.5 Å². The second kappa shape index (κ2) is 7.38. The first kappa shape index (κ1) is 15.7. The predicted octanol–water partition coefficient (Wildman–Crippen LogP) is 2.47. The number of nitrogens with zero attached hydrogens (tertiary/aromatic N) is 4. The monoisotopic (exact) mass is 304 g/mol. The van der Waals surface area contributed by atoms with Crippen molar-refractivity contribution in [1.29, 1.82) is 0 Å². The summed E-state index contributed by atoms with van der Waals surface area (Å²) < 4.78 is 2.35. The van der Waals surface area contributed by atoms with E-state index in [2.05, 4.69) is 26.2 Å². The zero-order chi connectivity index (χ0) is 15.4. The number of hydrogen-bond donors (Lipinski definition) is 1. The van der Waals surface area contributed by atoms with Gasteiger partial charge in [-0.3, -0.25) is 4.90 Å². The van der Waals surface area contributed by atoms with Gasteiger partial charge in [0.05, 0.1) is 12.1 Å². The van der Waals surface area contributed by atoms with Gasteiger partial charge in [0.15, 0.2) is 0 Å². The Morgan fingerprint density at radius 2 is 2.14 bits per heavy atom. The number of aliphatic hydroxyl groups is 1. The van der Waals surface area contributed by atoms with Crippen LogP contribution in [0.2, 0.25) is 0 Å². The average molecular weight is 304 g/mol. The van der Waals surface area contributed by atoms with Gasteiger partial charge in [-0.1, -0.05) is 12.5 Å². The lowest BCUT2D eigenvalue weighted by molar-refractivity contribution is 0.0968. The topological polar surface area (TPSA) is 54.2 Å². The molecule has 0 amide bonds. The lowest BCUT2D eigenvalue weighted by Gasteiger charge is -2.26. The average Bonchev–Trinajstić information content (AvgIpc) is 3.05. The minimum absolute atomic E-state index is 0.273. The second-order valence-corrected chi connectivity index (χ2v) is 6.61. The molecule has 2 atom stereocenters. The number of allylic oxidation sites excluding steroid dienone is 1. The summed E-state index contributed by atoms with van der Waals surface area (Å²) in [4.78, 5) is 2.40. The van der Waals surface area contributed by atoms with Gasteiger partial charge >= 0.3 is 0 Å². The summed E-state index contributed by atoms with van der Waals surface area (Å²) in [6.45, 7) is 6.58. The third-order valence-corrected chi connectivity index (χ3v) is 4.95. The molecule has 0 aliphatic carbocycles. The zero-order valence-corrected chi connectivity index (χ0v) is 13.5. The maximum absolute atomic E-state index is 10.2. The molecule has 5 heteroatoms. The molecule has 1 aromatic rings. The van der Waals surface area contributed by atoms with E-state index >= 15 is 0 Å². The van der Waals surface area contributed by atoms with E-state index in [-0.39, 0.29) is 6.10 Å². The number of aromatic nitrogens is 3. The van der Waals surface area contributed by atoms with E-state index in [1.54, 1.807) is 0 Å². The van der Waals surface area contributed by atoms with Crippen LogP contribution in [-0.4, -0.2) is 44.0 Å². The van der Waals surface area contributed by atoms with E-state index in [0.717, 1.165) is 57.0 Å². The standard InChI is InChI=1S/C17H28N4O/c1-2-3-8-14(22)13-20-11-7-9-15(20)17-19-18-16-10-5-4-6-12-21(16)17/h2,14-15,22H,1,3-13H2. The summed E-state index contributed by atoms with van der Waals surface area (Å²) in [5, 5.41) is 19.2. The summed E-state index contributed by atoms with van der Waals surface area (Å²) >= 11 is 0. The molecule has 1 aromatic heterocycles. The summed E-state index contributed by atoms with van der Waals surface area (Å²) in [5.74, 6) is 2.29. The van der Waals surface area contributed by atoms with E-state index in [1.807, 2.05) is 6.08 Å². The number of aliphatic hydroxyl groups excluding tert-OH is 1. The van der Waals surface area contributed by atoms with Crippen molar-refractivity contribution in [2.45, 2.75) is 70.1 Å². The number of hydrogen-bond acceptors (Lipinski definition) is 4. The second-order valence-electron chi connectivity index (χ2n) is 6.61. The highest BCUT2D eigenvalue weighted by atomic mass is 16.3. The molecule has 122 valence electrons. The first-order valence-corrected chi connectivity index (χ1v) is 8.74. The Balaban J connectivity index is 1.70. The van der Waals surface area contributed by atoms with Gasteiger partial charge in [-0.05, 0) is 45.1 Å². The SMILES string of the molecule is C=CCCC(O)CN1CCCC1c1nnc2n1CCCCC2. The van der Waals surface area contributed by atoms with E-state index in [9.17, 15) is 5.11 Å². The molecular weight excluding hydrogens is 276 g/mol. The molecule has 0 radical (unpaired) electrons. The molecule has 2 aliphatic rings. The van der Waals surface area contributed by atoms with Crippen molar-refractivity contribution in [3.63, 3.8) is 0 Å². The summed E-state index contributed by atoms with van der Waals surface area (Å²) in [7, 11) is 0. The lowest BCUT2D eigenvalue weighted by Crippen LogP contribution is -2.33. The summed E-state index contributed by atoms with van der Waals surface area (Å²) in [6, 6.07) is 0.331. The van der Waals surface area contributed by atoms with E-state index in [4.69, 9.17) is 0 Å². The highest BCUT2D eigenvalue weighted by Crippen LogP contribution is 2.32. The normalized spacial score (nSPS) is 24.0. The zero-order valence-electron chi connectivity index (χ0n) is 13.5. The number of β-amino-alcohol motifs (C(OH)–C–C–N with tert-alkyl or cyclic N) is 1. The Morgan fingerprint density at radius 1 is 1.23 bits per heavy atom. The fourth-order valence-corrected chi connectivity index (χ4v) is 3.76. The summed E-state index contributed by atoms with van der Waals surface area (Å²) in [5.41, 5.74) is 0. The summed E-state index contributed by atoms with van der Waals surface area (Å²) in [6.07, 6.45) is 10.4. The minimum Gasteiger partial charge on any atom is -0.392 e. The molecule has 1 N–H and O–H groups in total. The first-order valence-electron chi connectivity index (χ1n) is 8.74. The molecular formula is C17H28N4O. The fraction of sp³-hybridized carbons (Fsp3) is 0.765. The number of rotatable bonds is 6. The van der Waals surface area contributed by atoms with Crippen LogP contribution in [0.4, 0.5) is 0 Å². The largest absolute Gasteiger partial charge is 0.392 e. The Hall–Kier alpha value is -1.20. The van der Waals surface area contributed by atoms with Crippen LogP contribution >= 0.6 is 0 Å². The third kappa shape index (κ3) is 3.41. The third-order valence-electron chi connectivity index (χ3n) is 4.95. The van der Waals surface area contributed by atoms with Crippen LogP contribution in [-0.2, 0) is 13.0 Å². The predicted molar refractivity (Wildman–Crippen MR) is 86.6 cm³/mol. The molecule has 0 aromatic carbocycles. The van der Waals surface area contributed by atoms with Gasteiger partial charge < -0.3 is 9.67 Å². The Bertz CT molecular complexity index is 499. The van der Waals surface area contributed by atoms with Gasteiger partial charge in [-0.2, -0.15) is 0 Å². The highest BCUT2D eigenvalue weighted by molar-refractivity contribution is 5.05. The molecule has 1 saturated heterocycles. The Kier molecular flexibility index (Phi) is 5.26. The molecule has 3 rings (SSSR count). The maximum Gasteiger partial charge on any atom is 0.150 e. The molecule has 22 heavy (non-hydrogen) atoms. The van der Waals surface area contributed by atoms with E-state index < -0.39 is 0 Å². The van der Waals surface area contributed by atoms with Crippen LogP contribution in [0.5, 0.6) is 0 Å². The quantitative estimate of drug-likeness (QED) is 0.820. The van der Waals surface area contributed by atoms with Gasteiger partial charge in [0.25, 0.3) is 0 Å². The smallest absolute Gasteiger partial charge is 0.150 e. The minimum atomic E-state index is -0.273. The first-order chi connectivity index (χ1) is 10.8. The Morgan fingerprint density at radius 3 is 3.00 bits per heavy atom. The van der Waals surface area contributed by atoms with E-state index in [0.29, 0.717) is 6.04 Å². The lowest BCUT2D eigenvalue weighted by atomic mass is 10.1. The number of likely N-dealkylation sites (tertiary alicyclic amines) is 1. The van der Waals surface area contributed by atoms with Crippen LogP contribution in [0.3, 0.4) is 0 Å².